The molecule has 2 aromatic carbocycles. The molecule has 3 heteroatoms. The Bertz CT molecular complexity index is 510. The molecule has 20 heavy (non-hydrogen) atoms. The average molecular weight is 271 g/mol. The summed E-state index contributed by atoms with van der Waals surface area (Å²) in [5, 5.41) is 13.6. The van der Waals surface area contributed by atoms with Gasteiger partial charge in [0.15, 0.2) is 0 Å². The summed E-state index contributed by atoms with van der Waals surface area (Å²) >= 11 is 0. The molecular formula is C17H21NO2. The maximum Gasteiger partial charge on any atom is 0.118 e. The number of ether oxygens (including phenoxy) is 1. The number of rotatable bonds is 6. The second-order valence-corrected chi connectivity index (χ2v) is 4.87. The van der Waals surface area contributed by atoms with E-state index >= 15 is 0 Å². The van der Waals surface area contributed by atoms with E-state index in [1.165, 1.54) is 0 Å². The van der Waals surface area contributed by atoms with Gasteiger partial charge in [-0.2, -0.15) is 0 Å². The highest BCUT2D eigenvalue weighted by Gasteiger charge is 2.15. The first kappa shape index (κ1) is 14.6. The summed E-state index contributed by atoms with van der Waals surface area (Å²) in [7, 11) is 1.66. The highest BCUT2D eigenvalue weighted by Crippen LogP contribution is 2.17. The molecule has 0 saturated carbocycles. The molecule has 0 spiro atoms. The molecule has 2 atom stereocenters. The molecule has 0 saturated heterocycles. The lowest BCUT2D eigenvalue weighted by Gasteiger charge is -2.20. The third-order valence-corrected chi connectivity index (χ3v) is 3.40. The maximum atomic E-state index is 10.3. The van der Waals surface area contributed by atoms with Gasteiger partial charge in [-0.1, -0.05) is 42.5 Å². The molecule has 106 valence electrons. The largest absolute Gasteiger partial charge is 0.497 e. The topological polar surface area (TPSA) is 41.5 Å². The van der Waals surface area contributed by atoms with Crippen molar-refractivity contribution in [2.75, 3.05) is 7.11 Å². The molecular weight excluding hydrogens is 250 g/mol. The number of hydrogen-bond acceptors (Lipinski definition) is 3. The minimum atomic E-state index is -0.505. The van der Waals surface area contributed by atoms with Gasteiger partial charge in [-0.25, -0.2) is 0 Å². The molecule has 0 radical (unpaired) electrons. The number of aliphatic hydroxyl groups is 1. The summed E-state index contributed by atoms with van der Waals surface area (Å²) in [6, 6.07) is 17.6. The minimum absolute atomic E-state index is 0.0144. The van der Waals surface area contributed by atoms with E-state index in [2.05, 4.69) is 5.32 Å². The van der Waals surface area contributed by atoms with Crippen molar-refractivity contribution < 1.29 is 9.84 Å². The quantitative estimate of drug-likeness (QED) is 0.849. The van der Waals surface area contributed by atoms with Crippen LogP contribution in [-0.2, 0) is 6.54 Å². The maximum absolute atomic E-state index is 10.3. The molecule has 2 N–H and O–H groups in total. The molecule has 0 aromatic heterocycles. The predicted octanol–water partition coefficient (Wildman–Crippen LogP) is 2.91. The van der Waals surface area contributed by atoms with E-state index in [1.807, 2.05) is 61.5 Å². The van der Waals surface area contributed by atoms with Crippen LogP contribution < -0.4 is 10.1 Å². The second-order valence-electron chi connectivity index (χ2n) is 4.87. The smallest absolute Gasteiger partial charge is 0.118 e. The zero-order chi connectivity index (χ0) is 14.4. The van der Waals surface area contributed by atoms with Gasteiger partial charge in [-0.15, -0.1) is 0 Å². The highest BCUT2D eigenvalue weighted by atomic mass is 16.5. The monoisotopic (exact) mass is 271 g/mol. The third-order valence-electron chi connectivity index (χ3n) is 3.40. The standard InChI is InChI=1S/C17H21NO2/c1-13(17(19)15-6-4-3-5-7-15)18-12-14-8-10-16(20-2)11-9-14/h3-11,13,17-19H,12H2,1-2H3/t13?,17-/m1/s1. The summed E-state index contributed by atoms with van der Waals surface area (Å²) in [6.07, 6.45) is -0.505. The Hall–Kier alpha value is -1.84. The molecule has 0 aliphatic heterocycles. The molecule has 0 fully saturated rings. The van der Waals surface area contributed by atoms with Gasteiger partial charge >= 0.3 is 0 Å². The van der Waals surface area contributed by atoms with Crippen molar-refractivity contribution in [2.24, 2.45) is 0 Å². The second kappa shape index (κ2) is 7.08. The molecule has 0 heterocycles. The Morgan fingerprint density at radius 3 is 2.30 bits per heavy atom. The first-order valence-corrected chi connectivity index (χ1v) is 6.80. The first-order chi connectivity index (χ1) is 9.70. The lowest BCUT2D eigenvalue weighted by Crippen LogP contribution is -2.31. The van der Waals surface area contributed by atoms with Crippen molar-refractivity contribution in [1.29, 1.82) is 0 Å². The van der Waals surface area contributed by atoms with Crippen LogP contribution in [-0.4, -0.2) is 18.3 Å². The van der Waals surface area contributed by atoms with E-state index in [9.17, 15) is 5.11 Å². The van der Waals surface area contributed by atoms with Gasteiger partial charge in [0.1, 0.15) is 5.75 Å². The van der Waals surface area contributed by atoms with E-state index < -0.39 is 6.10 Å². The van der Waals surface area contributed by atoms with E-state index in [-0.39, 0.29) is 6.04 Å². The highest BCUT2D eigenvalue weighted by molar-refractivity contribution is 5.27. The summed E-state index contributed by atoms with van der Waals surface area (Å²) in [6.45, 7) is 2.70. The van der Waals surface area contributed by atoms with Gasteiger partial charge < -0.3 is 15.2 Å². The summed E-state index contributed by atoms with van der Waals surface area (Å²) in [5.74, 6) is 0.853. The SMILES string of the molecule is COc1ccc(CNC(C)[C@@H](O)c2ccccc2)cc1. The Kier molecular flexibility index (Phi) is 5.16. The first-order valence-electron chi connectivity index (χ1n) is 6.80. The van der Waals surface area contributed by atoms with E-state index in [0.717, 1.165) is 23.4 Å². The van der Waals surface area contributed by atoms with Crippen LogP contribution in [0.5, 0.6) is 5.75 Å². The van der Waals surface area contributed by atoms with E-state index in [1.54, 1.807) is 7.11 Å². The number of hydrogen-bond donors (Lipinski definition) is 2. The third kappa shape index (κ3) is 3.83. The fraction of sp³-hybridized carbons (Fsp3) is 0.294. The minimum Gasteiger partial charge on any atom is -0.497 e. The van der Waals surface area contributed by atoms with Crippen LogP contribution >= 0.6 is 0 Å². The molecule has 2 aromatic rings. The normalized spacial score (nSPS) is 13.8. The molecule has 0 bridgehead atoms. The van der Waals surface area contributed by atoms with Crippen molar-refractivity contribution in [2.45, 2.75) is 25.6 Å². The predicted molar refractivity (Wildman–Crippen MR) is 80.7 cm³/mol. The molecule has 0 aliphatic carbocycles. The lowest BCUT2D eigenvalue weighted by molar-refractivity contribution is 0.135. The van der Waals surface area contributed by atoms with Crippen molar-refractivity contribution >= 4 is 0 Å². The Labute approximate surface area is 120 Å². The van der Waals surface area contributed by atoms with Gasteiger partial charge in [0.2, 0.25) is 0 Å². The Morgan fingerprint density at radius 2 is 1.70 bits per heavy atom. The van der Waals surface area contributed by atoms with Gasteiger partial charge in [0.05, 0.1) is 13.2 Å². The number of methoxy groups -OCH3 is 1. The van der Waals surface area contributed by atoms with Crippen LogP contribution in [0.4, 0.5) is 0 Å². The van der Waals surface area contributed by atoms with Crippen molar-refractivity contribution in [1.82, 2.24) is 5.32 Å². The van der Waals surface area contributed by atoms with Gasteiger partial charge in [0, 0.05) is 12.6 Å². The van der Waals surface area contributed by atoms with E-state index in [0.29, 0.717) is 0 Å². The summed E-state index contributed by atoms with van der Waals surface area (Å²) < 4.78 is 5.13. The van der Waals surface area contributed by atoms with Crippen molar-refractivity contribution in [3.8, 4) is 5.75 Å². The molecule has 0 amide bonds. The van der Waals surface area contributed by atoms with Crippen LogP contribution in [0.1, 0.15) is 24.2 Å². The van der Waals surface area contributed by atoms with Crippen LogP contribution in [0.2, 0.25) is 0 Å². The zero-order valence-corrected chi connectivity index (χ0v) is 11.9. The van der Waals surface area contributed by atoms with Crippen molar-refractivity contribution in [3.05, 3.63) is 65.7 Å². The molecule has 1 unspecified atom stereocenters. The van der Waals surface area contributed by atoms with Crippen LogP contribution in [0.3, 0.4) is 0 Å². The van der Waals surface area contributed by atoms with Gasteiger partial charge in [-0.3, -0.25) is 0 Å². The van der Waals surface area contributed by atoms with Crippen LogP contribution in [0.15, 0.2) is 54.6 Å². The Morgan fingerprint density at radius 1 is 1.05 bits per heavy atom. The fourth-order valence-electron chi connectivity index (χ4n) is 2.07. The molecule has 3 nitrogen and oxygen atoms in total. The van der Waals surface area contributed by atoms with Crippen LogP contribution in [0.25, 0.3) is 0 Å². The number of nitrogens with one attached hydrogen (secondary N) is 1. The van der Waals surface area contributed by atoms with Gasteiger partial charge in [0.25, 0.3) is 0 Å². The summed E-state index contributed by atoms with van der Waals surface area (Å²) in [5.41, 5.74) is 2.10. The fourth-order valence-corrected chi connectivity index (χ4v) is 2.07. The zero-order valence-electron chi connectivity index (χ0n) is 11.9. The van der Waals surface area contributed by atoms with Crippen LogP contribution in [0, 0.1) is 0 Å². The van der Waals surface area contributed by atoms with Crippen molar-refractivity contribution in [3.63, 3.8) is 0 Å². The number of aliphatic hydroxyl groups excluding tert-OH is 1. The molecule has 2 rings (SSSR count). The lowest BCUT2D eigenvalue weighted by atomic mass is 10.0. The molecule has 0 aliphatic rings. The average Bonchev–Trinajstić information content (AvgIpc) is 2.53. The number of benzene rings is 2. The Balaban J connectivity index is 1.89. The summed E-state index contributed by atoms with van der Waals surface area (Å²) in [4.78, 5) is 0. The van der Waals surface area contributed by atoms with E-state index in [4.69, 9.17) is 4.74 Å². The van der Waals surface area contributed by atoms with Gasteiger partial charge in [-0.05, 0) is 30.2 Å².